The summed E-state index contributed by atoms with van der Waals surface area (Å²) in [5.74, 6) is 2.11. The van der Waals surface area contributed by atoms with Gasteiger partial charge in [-0.3, -0.25) is 0 Å². The van der Waals surface area contributed by atoms with Crippen molar-refractivity contribution in [1.29, 1.82) is 0 Å². The summed E-state index contributed by atoms with van der Waals surface area (Å²) in [6.07, 6.45) is 2.94. The van der Waals surface area contributed by atoms with E-state index < -0.39 is 5.54 Å². The Bertz CT molecular complexity index is 2400. The maximum atomic E-state index is 6.57. The summed E-state index contributed by atoms with van der Waals surface area (Å²) < 4.78 is 9.56. The summed E-state index contributed by atoms with van der Waals surface area (Å²) >= 11 is 10.4. The average Bonchev–Trinajstić information content (AvgIpc) is 3.91. The predicted molar refractivity (Wildman–Crippen MR) is 214 cm³/mol. The smallest absolute Gasteiger partial charge is 0.205 e. The van der Waals surface area contributed by atoms with Crippen molar-refractivity contribution in [2.24, 2.45) is 5.73 Å². The van der Waals surface area contributed by atoms with Crippen LogP contribution in [-0.4, -0.2) is 29.8 Å². The molecule has 0 bridgehead atoms. The molecular formula is C43H37BrClN7O. The number of aryl methyl sites for hydroxylation is 1. The molecule has 0 atom stereocenters. The number of tetrazole rings is 1. The quantitative estimate of drug-likeness (QED) is 0.124. The summed E-state index contributed by atoms with van der Waals surface area (Å²) in [6, 6.07) is 45.2. The summed E-state index contributed by atoms with van der Waals surface area (Å²) in [6.45, 7) is 3.09. The molecule has 2 N–H and O–H groups in total. The summed E-state index contributed by atoms with van der Waals surface area (Å²) in [5.41, 5.74) is 12.6. The van der Waals surface area contributed by atoms with Crippen LogP contribution in [0.15, 0.2) is 142 Å². The van der Waals surface area contributed by atoms with Crippen molar-refractivity contribution in [2.75, 3.05) is 0 Å². The molecule has 8 aromatic rings. The first-order valence-electron chi connectivity index (χ1n) is 17.7. The first-order valence-corrected chi connectivity index (χ1v) is 18.9. The number of benzene rings is 5. The molecule has 0 aliphatic heterocycles. The SMILES string of the molecule is CCCCc1nc(Cl)c(CN)n1Cc1ccc2oc(-c3ccccc3-c3nnn(C(c4ccccc4)(c4ccccc4)c4ccccc4)n3)c(Br)c2c1. The lowest BCUT2D eigenvalue weighted by molar-refractivity contribution is 0.396. The zero-order valence-corrected chi connectivity index (χ0v) is 31.5. The molecule has 264 valence electrons. The number of imidazole rings is 1. The standard InChI is InChI=1S/C43H37BrClN7O/c1-2-3-23-38-47-41(45)36(27-46)51(38)28-29-24-25-37-35(26-29)39(44)40(53-37)33-21-13-14-22-34(33)42-48-50-52(49-42)43(30-15-7-4-8-16-30,31-17-9-5-10-18-31)32-19-11-6-12-20-32/h4-22,24-26H,2-3,23,27-28,46H2,1H3. The fraction of sp³-hybridized carbons (Fsp3) is 0.163. The Morgan fingerprint density at radius 1 is 0.792 bits per heavy atom. The van der Waals surface area contributed by atoms with Crippen molar-refractivity contribution in [1.82, 2.24) is 29.8 Å². The van der Waals surface area contributed by atoms with Gasteiger partial charge >= 0.3 is 0 Å². The molecular weight excluding hydrogens is 746 g/mol. The molecule has 0 radical (unpaired) electrons. The van der Waals surface area contributed by atoms with Crippen LogP contribution in [0.2, 0.25) is 5.15 Å². The molecule has 8 rings (SSSR count). The molecule has 10 heteroatoms. The van der Waals surface area contributed by atoms with Gasteiger partial charge in [0.2, 0.25) is 5.82 Å². The number of aromatic nitrogens is 6. The van der Waals surface area contributed by atoms with E-state index in [1.165, 1.54) is 0 Å². The Morgan fingerprint density at radius 2 is 1.40 bits per heavy atom. The number of hydrogen-bond donors (Lipinski definition) is 1. The lowest BCUT2D eigenvalue weighted by Crippen LogP contribution is -2.39. The Morgan fingerprint density at radius 3 is 2.00 bits per heavy atom. The highest BCUT2D eigenvalue weighted by Gasteiger charge is 2.41. The maximum Gasteiger partial charge on any atom is 0.205 e. The average molecular weight is 783 g/mol. The zero-order chi connectivity index (χ0) is 36.4. The molecule has 3 heterocycles. The number of hydrogen-bond acceptors (Lipinski definition) is 6. The van der Waals surface area contributed by atoms with Crippen LogP contribution in [0.4, 0.5) is 0 Å². The van der Waals surface area contributed by atoms with E-state index >= 15 is 0 Å². The van der Waals surface area contributed by atoms with Gasteiger partial charge in [0.05, 0.1) is 10.2 Å². The predicted octanol–water partition coefficient (Wildman–Crippen LogP) is 10.1. The number of fused-ring (bicyclic) bond motifs is 1. The van der Waals surface area contributed by atoms with Crippen LogP contribution < -0.4 is 5.73 Å². The molecule has 8 nitrogen and oxygen atoms in total. The van der Waals surface area contributed by atoms with E-state index in [1.54, 1.807) is 4.80 Å². The molecule has 3 aromatic heterocycles. The molecule has 0 fully saturated rings. The fourth-order valence-corrected chi connectivity index (χ4v) is 8.09. The molecule has 0 saturated carbocycles. The van der Waals surface area contributed by atoms with Gasteiger partial charge in [-0.25, -0.2) is 4.98 Å². The second-order valence-electron chi connectivity index (χ2n) is 13.0. The Kier molecular flexibility index (Phi) is 9.79. The van der Waals surface area contributed by atoms with Crippen molar-refractivity contribution >= 4 is 38.5 Å². The van der Waals surface area contributed by atoms with E-state index in [0.717, 1.165) is 79.6 Å². The van der Waals surface area contributed by atoms with Gasteiger partial charge in [0.25, 0.3) is 0 Å². The molecule has 0 spiro atoms. The van der Waals surface area contributed by atoms with Gasteiger partial charge < -0.3 is 14.7 Å². The molecule has 5 aromatic carbocycles. The molecule has 53 heavy (non-hydrogen) atoms. The minimum atomic E-state index is -0.889. The largest absolute Gasteiger partial charge is 0.455 e. The minimum Gasteiger partial charge on any atom is -0.455 e. The first kappa shape index (κ1) is 34.7. The highest BCUT2D eigenvalue weighted by molar-refractivity contribution is 9.10. The Balaban J connectivity index is 1.22. The van der Waals surface area contributed by atoms with Crippen LogP contribution in [0.5, 0.6) is 0 Å². The fourth-order valence-electron chi connectivity index (χ4n) is 7.21. The number of nitrogens with two attached hydrogens (primary N) is 1. The highest BCUT2D eigenvalue weighted by atomic mass is 79.9. The highest BCUT2D eigenvalue weighted by Crippen LogP contribution is 2.43. The molecule has 0 amide bonds. The normalized spacial score (nSPS) is 11.8. The summed E-state index contributed by atoms with van der Waals surface area (Å²) in [5, 5.41) is 16.1. The third-order valence-electron chi connectivity index (χ3n) is 9.78. The van der Waals surface area contributed by atoms with Crippen LogP contribution >= 0.6 is 27.5 Å². The number of furan rings is 1. The number of nitrogens with zero attached hydrogens (tertiary/aromatic N) is 6. The van der Waals surface area contributed by atoms with E-state index in [9.17, 15) is 0 Å². The molecule has 0 unspecified atom stereocenters. The number of unbranched alkanes of at least 4 members (excludes halogenated alkanes) is 1. The number of halogens is 2. The van der Waals surface area contributed by atoms with Gasteiger partial charge in [0.15, 0.2) is 10.7 Å². The summed E-state index contributed by atoms with van der Waals surface area (Å²) in [7, 11) is 0. The molecule has 0 aliphatic carbocycles. The monoisotopic (exact) mass is 781 g/mol. The lowest BCUT2D eigenvalue weighted by atomic mass is 9.77. The summed E-state index contributed by atoms with van der Waals surface area (Å²) in [4.78, 5) is 6.39. The minimum absolute atomic E-state index is 0.318. The first-order chi connectivity index (χ1) is 26.0. The number of rotatable bonds is 12. The van der Waals surface area contributed by atoms with Gasteiger partial charge in [-0.1, -0.05) is 146 Å². The van der Waals surface area contributed by atoms with Gasteiger partial charge in [-0.15, -0.1) is 15.0 Å². The third kappa shape index (κ3) is 6.28. The van der Waals surface area contributed by atoms with E-state index in [1.807, 2.05) is 84.9 Å². The Labute approximate surface area is 321 Å². The van der Waals surface area contributed by atoms with E-state index in [2.05, 4.69) is 80.9 Å². The topological polar surface area (TPSA) is 101 Å². The van der Waals surface area contributed by atoms with Crippen molar-refractivity contribution in [3.8, 4) is 22.7 Å². The van der Waals surface area contributed by atoms with E-state index in [4.69, 9.17) is 37.2 Å². The van der Waals surface area contributed by atoms with Crippen molar-refractivity contribution < 1.29 is 4.42 Å². The maximum absolute atomic E-state index is 6.57. The van der Waals surface area contributed by atoms with Crippen molar-refractivity contribution in [2.45, 2.75) is 44.8 Å². The second-order valence-corrected chi connectivity index (χ2v) is 14.1. The van der Waals surface area contributed by atoms with E-state index in [-0.39, 0.29) is 0 Å². The molecule has 0 aliphatic rings. The zero-order valence-electron chi connectivity index (χ0n) is 29.2. The van der Waals surface area contributed by atoms with Crippen LogP contribution in [0.25, 0.3) is 33.7 Å². The molecule has 0 saturated heterocycles. The van der Waals surface area contributed by atoms with Crippen LogP contribution in [-0.2, 0) is 25.0 Å². The van der Waals surface area contributed by atoms with Crippen LogP contribution in [0, 0.1) is 0 Å². The van der Waals surface area contributed by atoms with Crippen molar-refractivity contribution in [3.63, 3.8) is 0 Å². The van der Waals surface area contributed by atoms with Crippen molar-refractivity contribution in [3.05, 3.63) is 177 Å². The Hall–Kier alpha value is -5.35. The van der Waals surface area contributed by atoms with Crippen LogP contribution in [0.3, 0.4) is 0 Å². The van der Waals surface area contributed by atoms with Gasteiger partial charge in [0.1, 0.15) is 17.2 Å². The van der Waals surface area contributed by atoms with Gasteiger partial charge in [-0.05, 0) is 62.0 Å². The van der Waals surface area contributed by atoms with E-state index in [0.29, 0.717) is 29.8 Å². The lowest BCUT2D eigenvalue weighted by Gasteiger charge is -2.34. The van der Waals surface area contributed by atoms with Gasteiger partial charge in [-0.2, -0.15) is 0 Å². The third-order valence-corrected chi connectivity index (χ3v) is 10.9. The second kappa shape index (κ2) is 14.9. The van der Waals surface area contributed by atoms with Crippen LogP contribution in [0.1, 0.15) is 53.5 Å². The van der Waals surface area contributed by atoms with Gasteiger partial charge in [0, 0.05) is 36.0 Å².